The summed E-state index contributed by atoms with van der Waals surface area (Å²) in [6, 6.07) is -0.643. The minimum absolute atomic E-state index is 0.0660. The molecule has 3 atom stereocenters. The van der Waals surface area contributed by atoms with Gasteiger partial charge in [-0.2, -0.15) is 0 Å². The van der Waals surface area contributed by atoms with Gasteiger partial charge in [0.1, 0.15) is 0 Å². The number of hydrogen-bond donors (Lipinski definition) is 3. The van der Waals surface area contributed by atoms with Gasteiger partial charge in [-0.05, 0) is 39.5 Å². The molecule has 3 unspecified atom stereocenters. The van der Waals surface area contributed by atoms with E-state index >= 15 is 0 Å². The second-order valence-electron chi connectivity index (χ2n) is 5.27. The largest absolute Gasteiger partial charge is 0.481 e. The second-order valence-corrected chi connectivity index (χ2v) is 5.27. The fourth-order valence-corrected chi connectivity index (χ4v) is 2.13. The van der Waals surface area contributed by atoms with E-state index in [1.54, 1.807) is 13.8 Å². The molecule has 0 aromatic carbocycles. The molecule has 0 bridgehead atoms. The zero-order valence-corrected chi connectivity index (χ0v) is 11.8. The van der Waals surface area contributed by atoms with E-state index in [0.29, 0.717) is 5.92 Å². The zero-order chi connectivity index (χ0) is 14.4. The lowest BCUT2D eigenvalue weighted by molar-refractivity contribution is -0.141. The van der Waals surface area contributed by atoms with E-state index in [1.807, 2.05) is 6.92 Å². The molecule has 0 aliphatic carbocycles. The Labute approximate surface area is 113 Å². The average Bonchev–Trinajstić information content (AvgIpc) is 2.38. The van der Waals surface area contributed by atoms with Crippen LogP contribution in [-0.2, 0) is 9.53 Å². The Morgan fingerprint density at radius 2 is 1.74 bits per heavy atom. The SMILES string of the molecule is CC(NC(=O)NC(C)C(C)C(=O)O)C1CCOCC1. The van der Waals surface area contributed by atoms with Crippen molar-refractivity contribution in [2.75, 3.05) is 13.2 Å². The van der Waals surface area contributed by atoms with Gasteiger partial charge in [0.15, 0.2) is 0 Å². The molecule has 2 amide bonds. The fraction of sp³-hybridized carbons (Fsp3) is 0.846. The normalized spacial score (nSPS) is 21.2. The Hall–Kier alpha value is -1.30. The van der Waals surface area contributed by atoms with Gasteiger partial charge >= 0.3 is 12.0 Å². The minimum Gasteiger partial charge on any atom is -0.481 e. The summed E-state index contributed by atoms with van der Waals surface area (Å²) in [7, 11) is 0. The maximum atomic E-state index is 11.8. The molecule has 1 fully saturated rings. The average molecular weight is 272 g/mol. The molecule has 110 valence electrons. The highest BCUT2D eigenvalue weighted by Crippen LogP contribution is 2.18. The first kappa shape index (κ1) is 15.8. The number of rotatable bonds is 5. The molecule has 3 N–H and O–H groups in total. The summed E-state index contributed by atoms with van der Waals surface area (Å²) in [4.78, 5) is 22.6. The van der Waals surface area contributed by atoms with E-state index < -0.39 is 17.9 Å². The van der Waals surface area contributed by atoms with E-state index in [0.717, 1.165) is 26.1 Å². The van der Waals surface area contributed by atoms with Crippen molar-refractivity contribution in [3.8, 4) is 0 Å². The first-order valence-corrected chi connectivity index (χ1v) is 6.79. The number of hydrogen-bond acceptors (Lipinski definition) is 3. The summed E-state index contributed by atoms with van der Waals surface area (Å²) < 4.78 is 5.28. The predicted octanol–water partition coefficient (Wildman–Crippen LogP) is 1.21. The van der Waals surface area contributed by atoms with Gasteiger partial charge in [0.25, 0.3) is 0 Å². The van der Waals surface area contributed by atoms with Crippen LogP contribution in [0.2, 0.25) is 0 Å². The number of carbonyl (C=O) groups is 2. The van der Waals surface area contributed by atoms with Crippen molar-refractivity contribution >= 4 is 12.0 Å². The van der Waals surface area contributed by atoms with E-state index in [-0.39, 0.29) is 12.1 Å². The van der Waals surface area contributed by atoms with Crippen LogP contribution < -0.4 is 10.6 Å². The number of carbonyl (C=O) groups excluding carboxylic acids is 1. The van der Waals surface area contributed by atoms with Crippen molar-refractivity contribution in [3.63, 3.8) is 0 Å². The van der Waals surface area contributed by atoms with Gasteiger partial charge in [0.2, 0.25) is 0 Å². The highest BCUT2D eigenvalue weighted by atomic mass is 16.5. The fourth-order valence-electron chi connectivity index (χ4n) is 2.13. The molecular weight excluding hydrogens is 248 g/mol. The summed E-state index contributed by atoms with van der Waals surface area (Å²) in [5, 5.41) is 14.4. The molecule has 1 heterocycles. The third-order valence-corrected chi connectivity index (χ3v) is 3.83. The van der Waals surface area contributed by atoms with Crippen molar-refractivity contribution < 1.29 is 19.4 Å². The quantitative estimate of drug-likeness (QED) is 0.702. The number of carboxylic acids is 1. The van der Waals surface area contributed by atoms with Crippen LogP contribution in [0.15, 0.2) is 0 Å². The molecule has 0 aromatic rings. The summed E-state index contributed by atoms with van der Waals surface area (Å²) in [5.41, 5.74) is 0. The summed E-state index contributed by atoms with van der Waals surface area (Å²) in [6.07, 6.45) is 1.89. The Bertz CT molecular complexity index is 316. The molecule has 1 saturated heterocycles. The highest BCUT2D eigenvalue weighted by Gasteiger charge is 2.24. The van der Waals surface area contributed by atoms with E-state index in [1.165, 1.54) is 0 Å². The smallest absolute Gasteiger partial charge is 0.315 e. The lowest BCUT2D eigenvalue weighted by Gasteiger charge is -2.29. The van der Waals surface area contributed by atoms with Gasteiger partial charge in [0.05, 0.1) is 5.92 Å². The Balaban J connectivity index is 2.35. The summed E-state index contributed by atoms with van der Waals surface area (Å²) in [6.45, 7) is 6.73. The highest BCUT2D eigenvalue weighted by molar-refractivity contribution is 5.76. The lowest BCUT2D eigenvalue weighted by atomic mass is 9.93. The van der Waals surface area contributed by atoms with Crippen molar-refractivity contribution in [3.05, 3.63) is 0 Å². The number of amides is 2. The molecule has 6 nitrogen and oxygen atoms in total. The molecule has 1 aliphatic heterocycles. The van der Waals surface area contributed by atoms with Crippen molar-refractivity contribution in [2.24, 2.45) is 11.8 Å². The molecule has 1 aliphatic rings. The maximum Gasteiger partial charge on any atom is 0.315 e. The molecule has 0 saturated carbocycles. The third kappa shape index (κ3) is 5.06. The summed E-state index contributed by atoms with van der Waals surface area (Å²) >= 11 is 0. The van der Waals surface area contributed by atoms with Gasteiger partial charge in [-0.1, -0.05) is 0 Å². The van der Waals surface area contributed by atoms with Crippen LogP contribution in [0.4, 0.5) is 4.79 Å². The van der Waals surface area contributed by atoms with Crippen molar-refractivity contribution in [1.82, 2.24) is 10.6 Å². The van der Waals surface area contributed by atoms with Crippen LogP contribution in [0.25, 0.3) is 0 Å². The minimum atomic E-state index is -0.912. The van der Waals surface area contributed by atoms with Gasteiger partial charge in [0, 0.05) is 25.3 Å². The van der Waals surface area contributed by atoms with Crippen LogP contribution in [0.5, 0.6) is 0 Å². The van der Waals surface area contributed by atoms with Crippen LogP contribution in [-0.4, -0.2) is 42.4 Å². The predicted molar refractivity (Wildman–Crippen MR) is 70.9 cm³/mol. The van der Waals surface area contributed by atoms with E-state index in [2.05, 4.69) is 10.6 Å². The van der Waals surface area contributed by atoms with E-state index in [9.17, 15) is 9.59 Å². The van der Waals surface area contributed by atoms with Gasteiger partial charge in [-0.3, -0.25) is 4.79 Å². The Kier molecular flexibility index (Phi) is 6.08. The molecule has 0 aromatic heterocycles. The van der Waals surface area contributed by atoms with Crippen molar-refractivity contribution in [1.29, 1.82) is 0 Å². The van der Waals surface area contributed by atoms with Crippen LogP contribution >= 0.6 is 0 Å². The van der Waals surface area contributed by atoms with E-state index in [4.69, 9.17) is 9.84 Å². The number of ether oxygens (including phenoxy) is 1. The number of nitrogens with one attached hydrogen (secondary N) is 2. The third-order valence-electron chi connectivity index (χ3n) is 3.83. The van der Waals surface area contributed by atoms with Crippen molar-refractivity contribution in [2.45, 2.75) is 45.7 Å². The number of aliphatic carboxylic acids is 1. The van der Waals surface area contributed by atoms with Crippen LogP contribution in [0.1, 0.15) is 33.6 Å². The molecule has 0 spiro atoms. The Morgan fingerprint density at radius 1 is 1.16 bits per heavy atom. The first-order valence-electron chi connectivity index (χ1n) is 6.79. The first-order chi connectivity index (χ1) is 8.91. The number of carboxylic acid groups (broad SMARTS) is 1. The second kappa shape index (κ2) is 7.33. The lowest BCUT2D eigenvalue weighted by Crippen LogP contribution is -2.49. The molecule has 6 heteroatoms. The maximum absolute atomic E-state index is 11.8. The van der Waals surface area contributed by atoms with Gasteiger partial charge < -0.3 is 20.5 Å². The molecule has 1 rings (SSSR count). The monoisotopic (exact) mass is 272 g/mol. The summed E-state index contributed by atoms with van der Waals surface area (Å²) in [5.74, 6) is -1.10. The molecular formula is C13H24N2O4. The molecule has 0 radical (unpaired) electrons. The zero-order valence-electron chi connectivity index (χ0n) is 11.8. The topological polar surface area (TPSA) is 87.7 Å². The molecule has 19 heavy (non-hydrogen) atoms. The Morgan fingerprint density at radius 3 is 2.26 bits per heavy atom. The number of urea groups is 1. The van der Waals surface area contributed by atoms with Crippen LogP contribution in [0, 0.1) is 11.8 Å². The van der Waals surface area contributed by atoms with Gasteiger partial charge in [-0.15, -0.1) is 0 Å². The van der Waals surface area contributed by atoms with Gasteiger partial charge in [-0.25, -0.2) is 4.79 Å². The standard InChI is InChI=1S/C13H24N2O4/c1-8(12(16)17)9(2)14-13(18)15-10(3)11-4-6-19-7-5-11/h8-11H,4-7H2,1-3H3,(H,16,17)(H2,14,15,18). The van der Waals surface area contributed by atoms with Crippen LogP contribution in [0.3, 0.4) is 0 Å².